The maximum absolute atomic E-state index is 9.51. The van der Waals surface area contributed by atoms with Crippen LogP contribution >= 0.6 is 0 Å². The molecule has 0 bridgehead atoms. The van der Waals surface area contributed by atoms with Gasteiger partial charge in [0.15, 0.2) is 5.96 Å². The maximum Gasteiger partial charge on any atom is 0.191 e. The summed E-state index contributed by atoms with van der Waals surface area (Å²) in [6, 6.07) is 0. The number of aliphatic hydroxyl groups is 3. The Bertz CT molecular complexity index is 233. The fraction of sp³-hybridized carbons (Fsp3) is 0.923. The summed E-state index contributed by atoms with van der Waals surface area (Å²) in [4.78, 5) is 4.23. The van der Waals surface area contributed by atoms with E-state index in [9.17, 15) is 15.3 Å². The Kier molecular flexibility index (Phi) is 10.5. The Balaban J connectivity index is 4.28. The Labute approximate surface area is 115 Å². The molecule has 0 aromatic carbocycles. The van der Waals surface area contributed by atoms with Crippen molar-refractivity contribution in [3.63, 3.8) is 0 Å². The van der Waals surface area contributed by atoms with Crippen LogP contribution in [0.2, 0.25) is 0 Å². The summed E-state index contributed by atoms with van der Waals surface area (Å²) in [5.74, 6) is 0.507. The molecular formula is C13H29N3O3. The average Bonchev–Trinajstić information content (AvgIpc) is 2.44. The average molecular weight is 275 g/mol. The molecule has 0 radical (unpaired) electrons. The van der Waals surface area contributed by atoms with Gasteiger partial charge in [0.05, 0.1) is 24.9 Å². The van der Waals surface area contributed by atoms with Crippen LogP contribution in [-0.4, -0.2) is 59.2 Å². The van der Waals surface area contributed by atoms with Crippen LogP contribution in [0.25, 0.3) is 0 Å². The van der Waals surface area contributed by atoms with Gasteiger partial charge >= 0.3 is 0 Å². The van der Waals surface area contributed by atoms with Gasteiger partial charge in [0, 0.05) is 13.1 Å². The third kappa shape index (κ3) is 9.69. The highest BCUT2D eigenvalue weighted by atomic mass is 16.3. The van der Waals surface area contributed by atoms with Gasteiger partial charge in [-0.2, -0.15) is 0 Å². The van der Waals surface area contributed by atoms with Crippen molar-refractivity contribution in [2.75, 3.05) is 19.6 Å². The molecule has 114 valence electrons. The molecule has 5 N–H and O–H groups in total. The minimum Gasteiger partial charge on any atom is -0.391 e. The first-order valence-electron chi connectivity index (χ1n) is 7.09. The molecule has 3 unspecified atom stereocenters. The van der Waals surface area contributed by atoms with E-state index in [2.05, 4.69) is 15.6 Å². The van der Waals surface area contributed by atoms with E-state index in [1.54, 1.807) is 0 Å². The summed E-state index contributed by atoms with van der Waals surface area (Å²) in [7, 11) is 0. The standard InChI is InChI=1S/C13H29N3O3/c1-4-10(17)7-14-13(15-8-11(18)5-2)16-9-12(19)6-3/h10-12,17-19H,4-9H2,1-3H3,(H2,14,15,16). The van der Waals surface area contributed by atoms with Crippen LogP contribution in [0.4, 0.5) is 0 Å². The smallest absolute Gasteiger partial charge is 0.191 e. The summed E-state index contributed by atoms with van der Waals surface area (Å²) in [5, 5.41) is 34.5. The van der Waals surface area contributed by atoms with E-state index in [4.69, 9.17) is 0 Å². The van der Waals surface area contributed by atoms with Gasteiger partial charge in [-0.15, -0.1) is 0 Å². The molecule has 0 rings (SSSR count). The van der Waals surface area contributed by atoms with Crippen LogP contribution in [0.1, 0.15) is 40.0 Å². The second-order valence-electron chi connectivity index (χ2n) is 4.64. The van der Waals surface area contributed by atoms with Gasteiger partial charge in [-0.3, -0.25) is 4.99 Å². The molecule has 0 saturated heterocycles. The fourth-order valence-electron chi connectivity index (χ4n) is 1.22. The van der Waals surface area contributed by atoms with E-state index in [1.807, 2.05) is 20.8 Å². The van der Waals surface area contributed by atoms with Crippen molar-refractivity contribution in [2.24, 2.45) is 4.99 Å². The van der Waals surface area contributed by atoms with E-state index in [0.717, 1.165) is 0 Å². The predicted molar refractivity (Wildman–Crippen MR) is 77.2 cm³/mol. The van der Waals surface area contributed by atoms with Gasteiger partial charge in [0.1, 0.15) is 0 Å². The van der Waals surface area contributed by atoms with Crippen molar-refractivity contribution >= 4 is 5.96 Å². The van der Waals surface area contributed by atoms with Gasteiger partial charge in [0.25, 0.3) is 0 Å². The third-order valence-electron chi connectivity index (χ3n) is 2.88. The second kappa shape index (κ2) is 11.0. The Morgan fingerprint density at radius 1 is 0.842 bits per heavy atom. The van der Waals surface area contributed by atoms with Gasteiger partial charge in [0.2, 0.25) is 0 Å². The number of aliphatic hydroxyl groups excluding tert-OH is 3. The van der Waals surface area contributed by atoms with Crippen molar-refractivity contribution in [1.29, 1.82) is 0 Å². The van der Waals surface area contributed by atoms with Crippen LogP contribution in [0, 0.1) is 0 Å². The highest BCUT2D eigenvalue weighted by Gasteiger charge is 2.07. The SMILES string of the molecule is CCC(O)CN=C(NCC(O)CC)NCC(O)CC. The molecule has 0 spiro atoms. The molecule has 0 aliphatic heterocycles. The van der Waals surface area contributed by atoms with Crippen molar-refractivity contribution in [3.05, 3.63) is 0 Å². The number of rotatable bonds is 9. The normalized spacial score (nSPS) is 15.5. The summed E-state index contributed by atoms with van der Waals surface area (Å²) in [6.07, 6.45) is 0.640. The van der Waals surface area contributed by atoms with Gasteiger partial charge in [-0.1, -0.05) is 20.8 Å². The lowest BCUT2D eigenvalue weighted by Gasteiger charge is -2.17. The maximum atomic E-state index is 9.51. The molecule has 19 heavy (non-hydrogen) atoms. The molecule has 0 aromatic heterocycles. The molecule has 0 amide bonds. The topological polar surface area (TPSA) is 97.1 Å². The van der Waals surface area contributed by atoms with Crippen LogP contribution in [0.15, 0.2) is 4.99 Å². The zero-order valence-corrected chi connectivity index (χ0v) is 12.3. The lowest BCUT2D eigenvalue weighted by Crippen LogP contribution is -2.44. The number of hydrogen-bond acceptors (Lipinski definition) is 4. The Hall–Kier alpha value is -0.850. The molecular weight excluding hydrogens is 246 g/mol. The van der Waals surface area contributed by atoms with E-state index in [0.29, 0.717) is 44.9 Å². The zero-order chi connectivity index (χ0) is 14.7. The minimum absolute atomic E-state index is 0.302. The summed E-state index contributed by atoms with van der Waals surface area (Å²) < 4.78 is 0. The second-order valence-corrected chi connectivity index (χ2v) is 4.64. The Morgan fingerprint density at radius 2 is 1.26 bits per heavy atom. The number of aliphatic imine (C=N–C) groups is 1. The van der Waals surface area contributed by atoms with Gasteiger partial charge < -0.3 is 26.0 Å². The lowest BCUT2D eigenvalue weighted by atomic mass is 10.3. The molecule has 6 heteroatoms. The minimum atomic E-state index is -0.467. The predicted octanol–water partition coefficient (Wildman–Crippen LogP) is -0.166. The van der Waals surface area contributed by atoms with E-state index >= 15 is 0 Å². The van der Waals surface area contributed by atoms with Crippen molar-refractivity contribution in [3.8, 4) is 0 Å². The van der Waals surface area contributed by atoms with E-state index in [-0.39, 0.29) is 0 Å². The summed E-state index contributed by atoms with van der Waals surface area (Å²) >= 11 is 0. The first kappa shape index (κ1) is 18.1. The molecule has 6 nitrogen and oxygen atoms in total. The summed E-state index contributed by atoms with van der Waals surface area (Å²) in [6.45, 7) is 6.79. The largest absolute Gasteiger partial charge is 0.391 e. The fourth-order valence-corrected chi connectivity index (χ4v) is 1.22. The first-order valence-corrected chi connectivity index (χ1v) is 7.09. The highest BCUT2D eigenvalue weighted by Crippen LogP contribution is 1.92. The van der Waals surface area contributed by atoms with Crippen molar-refractivity contribution in [1.82, 2.24) is 10.6 Å². The number of hydrogen-bond donors (Lipinski definition) is 5. The zero-order valence-electron chi connectivity index (χ0n) is 12.3. The lowest BCUT2D eigenvalue weighted by molar-refractivity contribution is 0.168. The number of nitrogens with one attached hydrogen (secondary N) is 2. The summed E-state index contributed by atoms with van der Waals surface area (Å²) in [5.41, 5.74) is 0. The first-order chi connectivity index (χ1) is 9.03. The third-order valence-corrected chi connectivity index (χ3v) is 2.88. The van der Waals surface area contributed by atoms with Crippen molar-refractivity contribution in [2.45, 2.75) is 58.3 Å². The molecule has 0 aliphatic carbocycles. The number of guanidine groups is 1. The van der Waals surface area contributed by atoms with Gasteiger partial charge in [-0.05, 0) is 19.3 Å². The highest BCUT2D eigenvalue weighted by molar-refractivity contribution is 5.79. The molecule has 0 heterocycles. The van der Waals surface area contributed by atoms with Crippen LogP contribution in [0.5, 0.6) is 0 Å². The monoisotopic (exact) mass is 275 g/mol. The number of nitrogens with zero attached hydrogens (tertiary/aromatic N) is 1. The van der Waals surface area contributed by atoms with Gasteiger partial charge in [-0.25, -0.2) is 0 Å². The quantitative estimate of drug-likeness (QED) is 0.297. The molecule has 0 fully saturated rings. The Morgan fingerprint density at radius 3 is 1.63 bits per heavy atom. The van der Waals surface area contributed by atoms with E-state index in [1.165, 1.54) is 0 Å². The van der Waals surface area contributed by atoms with E-state index < -0.39 is 18.3 Å². The molecule has 0 aliphatic rings. The van der Waals surface area contributed by atoms with Crippen LogP contribution in [-0.2, 0) is 0 Å². The van der Waals surface area contributed by atoms with Crippen LogP contribution < -0.4 is 10.6 Å². The molecule has 0 aromatic rings. The molecule has 0 saturated carbocycles. The van der Waals surface area contributed by atoms with Crippen LogP contribution in [0.3, 0.4) is 0 Å². The van der Waals surface area contributed by atoms with Crippen molar-refractivity contribution < 1.29 is 15.3 Å². The molecule has 3 atom stereocenters.